The molecule has 0 aromatic heterocycles. The number of likely N-dealkylation sites (tertiary alicyclic amines) is 2. The van der Waals surface area contributed by atoms with E-state index in [0.717, 1.165) is 5.56 Å². The molecule has 1 unspecified atom stereocenters. The SMILES string of the molecule is CCN1C(=O)CC(N2CCC(C#N)(c3ccccc3)CC2)C1=O. The van der Waals surface area contributed by atoms with Gasteiger partial charge in [-0.05, 0) is 25.3 Å². The number of carbonyl (C=O) groups is 2. The molecular weight excluding hydrogens is 290 g/mol. The molecule has 2 fully saturated rings. The van der Waals surface area contributed by atoms with Crippen molar-refractivity contribution in [2.45, 2.75) is 37.6 Å². The Bertz CT molecular complexity index is 642. The van der Waals surface area contributed by atoms with Crippen molar-refractivity contribution in [2.75, 3.05) is 19.6 Å². The molecule has 2 aliphatic rings. The Morgan fingerprint density at radius 3 is 2.39 bits per heavy atom. The van der Waals surface area contributed by atoms with Crippen LogP contribution in [0.3, 0.4) is 0 Å². The lowest BCUT2D eigenvalue weighted by atomic mass is 9.74. The van der Waals surface area contributed by atoms with Gasteiger partial charge in [-0.1, -0.05) is 30.3 Å². The number of hydrogen-bond acceptors (Lipinski definition) is 4. The second-order valence-corrected chi connectivity index (χ2v) is 6.29. The molecule has 2 saturated heterocycles. The molecule has 0 aliphatic carbocycles. The topological polar surface area (TPSA) is 64.4 Å². The maximum atomic E-state index is 12.3. The highest BCUT2D eigenvalue weighted by Gasteiger charge is 2.45. The third-order valence-corrected chi connectivity index (χ3v) is 5.17. The highest BCUT2D eigenvalue weighted by Crippen LogP contribution is 2.36. The molecule has 2 amide bonds. The normalized spacial score (nSPS) is 24.7. The van der Waals surface area contributed by atoms with Gasteiger partial charge in [-0.2, -0.15) is 5.26 Å². The fourth-order valence-electron chi connectivity index (χ4n) is 3.72. The van der Waals surface area contributed by atoms with Gasteiger partial charge in [0.15, 0.2) is 0 Å². The summed E-state index contributed by atoms with van der Waals surface area (Å²) in [6.45, 7) is 3.60. The standard InChI is InChI=1S/C18H21N3O2/c1-2-21-16(22)12-15(17(21)23)20-10-8-18(13-19,9-11-20)14-6-4-3-5-7-14/h3-7,15H,2,8-12H2,1H3. The predicted octanol–water partition coefficient (Wildman–Crippen LogP) is 1.69. The number of piperidine rings is 1. The van der Waals surface area contributed by atoms with E-state index in [4.69, 9.17) is 0 Å². The zero-order chi connectivity index (χ0) is 16.4. The van der Waals surface area contributed by atoms with E-state index >= 15 is 0 Å². The van der Waals surface area contributed by atoms with Gasteiger partial charge >= 0.3 is 0 Å². The summed E-state index contributed by atoms with van der Waals surface area (Å²) in [7, 11) is 0. The average molecular weight is 311 g/mol. The van der Waals surface area contributed by atoms with Crippen LogP contribution in [0.25, 0.3) is 0 Å². The number of nitriles is 1. The largest absolute Gasteiger partial charge is 0.291 e. The molecule has 0 bridgehead atoms. The first-order chi connectivity index (χ1) is 11.1. The monoisotopic (exact) mass is 311 g/mol. The van der Waals surface area contributed by atoms with Gasteiger partial charge in [-0.15, -0.1) is 0 Å². The molecule has 0 saturated carbocycles. The Morgan fingerprint density at radius 1 is 1.22 bits per heavy atom. The molecule has 1 atom stereocenters. The predicted molar refractivity (Wildman–Crippen MR) is 85.3 cm³/mol. The van der Waals surface area contributed by atoms with Gasteiger partial charge in [0, 0.05) is 19.6 Å². The minimum absolute atomic E-state index is 0.0809. The molecule has 0 radical (unpaired) electrons. The quantitative estimate of drug-likeness (QED) is 0.797. The summed E-state index contributed by atoms with van der Waals surface area (Å²) in [5.41, 5.74) is 0.569. The van der Waals surface area contributed by atoms with Crippen molar-refractivity contribution in [3.63, 3.8) is 0 Å². The van der Waals surface area contributed by atoms with E-state index in [9.17, 15) is 14.9 Å². The Labute approximate surface area is 136 Å². The molecule has 0 spiro atoms. The van der Waals surface area contributed by atoms with E-state index in [1.54, 1.807) is 0 Å². The zero-order valence-corrected chi connectivity index (χ0v) is 13.4. The number of amides is 2. The van der Waals surface area contributed by atoms with Crippen LogP contribution in [0.2, 0.25) is 0 Å². The van der Waals surface area contributed by atoms with Crippen LogP contribution in [0.5, 0.6) is 0 Å². The van der Waals surface area contributed by atoms with Gasteiger partial charge in [0.1, 0.15) is 0 Å². The van der Waals surface area contributed by atoms with Gasteiger partial charge in [-0.3, -0.25) is 19.4 Å². The molecule has 5 heteroatoms. The Morgan fingerprint density at radius 2 is 1.87 bits per heavy atom. The third-order valence-electron chi connectivity index (χ3n) is 5.17. The Hall–Kier alpha value is -2.19. The summed E-state index contributed by atoms with van der Waals surface area (Å²) in [6, 6.07) is 12.0. The van der Waals surface area contributed by atoms with E-state index in [1.165, 1.54) is 4.90 Å². The number of rotatable bonds is 3. The smallest absolute Gasteiger partial charge is 0.247 e. The van der Waals surface area contributed by atoms with Gasteiger partial charge in [-0.25, -0.2) is 0 Å². The number of benzene rings is 1. The van der Waals surface area contributed by atoms with Crippen LogP contribution in [-0.4, -0.2) is 47.3 Å². The Balaban J connectivity index is 1.73. The molecule has 120 valence electrons. The van der Waals surface area contributed by atoms with Crippen LogP contribution in [0.1, 0.15) is 31.7 Å². The summed E-state index contributed by atoms with van der Waals surface area (Å²) >= 11 is 0. The van der Waals surface area contributed by atoms with Crippen LogP contribution in [-0.2, 0) is 15.0 Å². The van der Waals surface area contributed by atoms with Gasteiger partial charge in [0.05, 0.1) is 23.9 Å². The molecule has 5 nitrogen and oxygen atoms in total. The van der Waals surface area contributed by atoms with Gasteiger partial charge in [0.25, 0.3) is 0 Å². The maximum absolute atomic E-state index is 12.3. The first-order valence-electron chi connectivity index (χ1n) is 8.16. The lowest BCUT2D eigenvalue weighted by molar-refractivity contribution is -0.139. The van der Waals surface area contributed by atoms with Crippen molar-refractivity contribution < 1.29 is 9.59 Å². The highest BCUT2D eigenvalue weighted by atomic mass is 16.2. The van der Waals surface area contributed by atoms with Crippen LogP contribution in [0.15, 0.2) is 30.3 Å². The maximum Gasteiger partial charge on any atom is 0.247 e. The highest BCUT2D eigenvalue weighted by molar-refractivity contribution is 6.05. The molecule has 2 heterocycles. The average Bonchev–Trinajstić information content (AvgIpc) is 2.89. The summed E-state index contributed by atoms with van der Waals surface area (Å²) in [6.07, 6.45) is 1.66. The molecule has 1 aromatic rings. The molecule has 2 aliphatic heterocycles. The van der Waals surface area contributed by atoms with E-state index in [0.29, 0.717) is 32.5 Å². The number of hydrogen-bond donors (Lipinski definition) is 0. The number of carbonyl (C=O) groups excluding carboxylic acids is 2. The fraction of sp³-hybridized carbons (Fsp3) is 0.500. The Kier molecular flexibility index (Phi) is 4.18. The first kappa shape index (κ1) is 15.7. The minimum atomic E-state index is -0.478. The van der Waals surface area contributed by atoms with E-state index in [2.05, 4.69) is 11.0 Å². The van der Waals surface area contributed by atoms with Gasteiger partial charge < -0.3 is 0 Å². The van der Waals surface area contributed by atoms with Gasteiger partial charge in [0.2, 0.25) is 11.8 Å². The van der Waals surface area contributed by atoms with E-state index < -0.39 is 5.41 Å². The second-order valence-electron chi connectivity index (χ2n) is 6.29. The summed E-state index contributed by atoms with van der Waals surface area (Å²) < 4.78 is 0. The van der Waals surface area contributed by atoms with Crippen molar-refractivity contribution >= 4 is 11.8 Å². The molecule has 0 N–H and O–H groups in total. The first-order valence-corrected chi connectivity index (χ1v) is 8.16. The van der Waals surface area contributed by atoms with E-state index in [1.807, 2.05) is 37.3 Å². The summed E-state index contributed by atoms with van der Waals surface area (Å²) in [5.74, 6) is -0.163. The zero-order valence-electron chi connectivity index (χ0n) is 13.4. The molecule has 3 rings (SSSR count). The molecular formula is C18H21N3O2. The van der Waals surface area contributed by atoms with Crippen LogP contribution < -0.4 is 0 Å². The van der Waals surface area contributed by atoms with Crippen molar-refractivity contribution in [3.05, 3.63) is 35.9 Å². The minimum Gasteiger partial charge on any atom is -0.291 e. The molecule has 1 aromatic carbocycles. The third kappa shape index (κ3) is 2.64. The number of imide groups is 1. The van der Waals surface area contributed by atoms with Crippen LogP contribution in [0, 0.1) is 11.3 Å². The van der Waals surface area contributed by atoms with E-state index in [-0.39, 0.29) is 24.3 Å². The lowest BCUT2D eigenvalue weighted by Gasteiger charge is -2.39. The van der Waals surface area contributed by atoms with Crippen molar-refractivity contribution in [1.82, 2.24) is 9.80 Å². The number of likely N-dealkylation sites (N-methyl/N-ethyl adjacent to an activating group) is 1. The lowest BCUT2D eigenvalue weighted by Crippen LogP contribution is -2.49. The fourth-order valence-corrected chi connectivity index (χ4v) is 3.72. The number of nitrogens with zero attached hydrogens (tertiary/aromatic N) is 3. The van der Waals surface area contributed by atoms with Crippen LogP contribution in [0.4, 0.5) is 0 Å². The van der Waals surface area contributed by atoms with Crippen LogP contribution >= 0.6 is 0 Å². The van der Waals surface area contributed by atoms with Crippen molar-refractivity contribution in [2.24, 2.45) is 0 Å². The summed E-state index contributed by atoms with van der Waals surface area (Å²) in [5, 5.41) is 9.72. The van der Waals surface area contributed by atoms with Crippen molar-refractivity contribution in [3.8, 4) is 6.07 Å². The second kappa shape index (κ2) is 6.13. The van der Waals surface area contributed by atoms with Crippen molar-refractivity contribution in [1.29, 1.82) is 5.26 Å². The summed E-state index contributed by atoms with van der Waals surface area (Å²) in [4.78, 5) is 27.7. The molecule has 23 heavy (non-hydrogen) atoms.